The van der Waals surface area contributed by atoms with E-state index in [1.807, 2.05) is 24.3 Å². The molecule has 1 aliphatic rings. The highest BCUT2D eigenvalue weighted by Gasteiger charge is 2.23. The van der Waals surface area contributed by atoms with Crippen molar-refractivity contribution >= 4 is 11.7 Å². The number of rotatable bonds is 5. The maximum atomic E-state index is 12.3. The molecular weight excluding hydrogens is 268 g/mol. The molecule has 21 heavy (non-hydrogen) atoms. The molecule has 0 spiro atoms. The molecule has 0 bridgehead atoms. The summed E-state index contributed by atoms with van der Waals surface area (Å²) >= 11 is 0. The fourth-order valence-electron chi connectivity index (χ4n) is 2.44. The van der Waals surface area contributed by atoms with E-state index in [0.29, 0.717) is 24.6 Å². The monoisotopic (exact) mass is 290 g/mol. The minimum atomic E-state index is -0.150. The first-order valence-corrected chi connectivity index (χ1v) is 7.24. The lowest BCUT2D eigenvalue weighted by Crippen LogP contribution is -2.43. The third-order valence-electron chi connectivity index (χ3n) is 3.55. The molecule has 1 aliphatic heterocycles. The molecule has 0 aliphatic carbocycles. The average molecular weight is 290 g/mol. The summed E-state index contributed by atoms with van der Waals surface area (Å²) in [6, 6.07) is 7.18. The summed E-state index contributed by atoms with van der Waals surface area (Å²) in [6.45, 7) is 5.45. The Hall–Kier alpha value is -2.01. The lowest BCUT2D eigenvalue weighted by molar-refractivity contribution is 0.136. The van der Waals surface area contributed by atoms with Crippen molar-refractivity contribution in [3.63, 3.8) is 0 Å². The Bertz CT molecular complexity index is 490. The normalized spacial score (nSPS) is 18.1. The van der Waals surface area contributed by atoms with Crippen molar-refractivity contribution in [2.75, 3.05) is 31.6 Å². The SMILES string of the molecule is C=CCOc1ccccc1NC(=O)N1CCC[C@H](CO)C1. The van der Waals surface area contributed by atoms with Crippen molar-refractivity contribution in [3.05, 3.63) is 36.9 Å². The number of likely N-dealkylation sites (tertiary alicyclic amines) is 1. The van der Waals surface area contributed by atoms with E-state index in [9.17, 15) is 9.90 Å². The molecule has 0 aromatic heterocycles. The Kier molecular flexibility index (Phi) is 5.63. The van der Waals surface area contributed by atoms with E-state index >= 15 is 0 Å². The summed E-state index contributed by atoms with van der Waals surface area (Å²) in [4.78, 5) is 14.1. The number of anilines is 1. The number of nitrogens with one attached hydrogen (secondary N) is 1. The number of piperidine rings is 1. The van der Waals surface area contributed by atoms with Gasteiger partial charge < -0.3 is 20.1 Å². The molecule has 1 heterocycles. The Morgan fingerprint density at radius 2 is 2.33 bits per heavy atom. The lowest BCUT2D eigenvalue weighted by atomic mass is 9.99. The number of aliphatic hydroxyl groups is 1. The first kappa shape index (κ1) is 15.4. The summed E-state index contributed by atoms with van der Waals surface area (Å²) in [6.07, 6.45) is 3.56. The quantitative estimate of drug-likeness (QED) is 0.819. The van der Waals surface area contributed by atoms with Crippen LogP contribution < -0.4 is 10.1 Å². The zero-order chi connectivity index (χ0) is 15.1. The van der Waals surface area contributed by atoms with E-state index in [1.165, 1.54) is 0 Å². The zero-order valence-corrected chi connectivity index (χ0v) is 12.1. The van der Waals surface area contributed by atoms with Crippen LogP contribution in [-0.2, 0) is 0 Å². The fraction of sp³-hybridized carbons (Fsp3) is 0.438. The van der Waals surface area contributed by atoms with Gasteiger partial charge in [0, 0.05) is 19.7 Å². The number of carbonyl (C=O) groups excluding carboxylic acids is 1. The molecule has 1 saturated heterocycles. The molecule has 2 amide bonds. The molecule has 5 nitrogen and oxygen atoms in total. The van der Waals surface area contributed by atoms with Crippen molar-refractivity contribution in [1.82, 2.24) is 4.90 Å². The second-order valence-corrected chi connectivity index (χ2v) is 5.16. The van der Waals surface area contributed by atoms with Gasteiger partial charge in [0.2, 0.25) is 0 Å². The average Bonchev–Trinajstić information content (AvgIpc) is 2.54. The van der Waals surface area contributed by atoms with Gasteiger partial charge in [-0.3, -0.25) is 0 Å². The molecule has 1 aromatic carbocycles. The number of ether oxygens (including phenoxy) is 1. The van der Waals surface area contributed by atoms with Gasteiger partial charge in [0.1, 0.15) is 12.4 Å². The Morgan fingerprint density at radius 3 is 3.10 bits per heavy atom. The van der Waals surface area contributed by atoms with Gasteiger partial charge >= 0.3 is 6.03 Å². The number of benzene rings is 1. The summed E-state index contributed by atoms with van der Waals surface area (Å²) in [5.41, 5.74) is 0.649. The molecule has 1 fully saturated rings. The van der Waals surface area contributed by atoms with E-state index in [2.05, 4.69) is 11.9 Å². The number of para-hydroxylation sites is 2. The van der Waals surface area contributed by atoms with Gasteiger partial charge in [0.25, 0.3) is 0 Å². The van der Waals surface area contributed by atoms with Gasteiger partial charge in [-0.05, 0) is 30.9 Å². The minimum absolute atomic E-state index is 0.128. The predicted octanol–water partition coefficient (Wildman–Crippen LogP) is 2.49. The number of hydrogen-bond acceptors (Lipinski definition) is 3. The number of carbonyl (C=O) groups is 1. The third kappa shape index (κ3) is 4.23. The van der Waals surface area contributed by atoms with Crippen molar-refractivity contribution in [1.29, 1.82) is 0 Å². The summed E-state index contributed by atoms with van der Waals surface area (Å²) in [7, 11) is 0. The van der Waals surface area contributed by atoms with Crippen molar-refractivity contribution in [3.8, 4) is 5.75 Å². The first-order valence-electron chi connectivity index (χ1n) is 7.24. The second-order valence-electron chi connectivity index (χ2n) is 5.16. The highest BCUT2D eigenvalue weighted by molar-refractivity contribution is 5.91. The fourth-order valence-corrected chi connectivity index (χ4v) is 2.44. The van der Waals surface area contributed by atoms with Gasteiger partial charge in [-0.25, -0.2) is 4.79 Å². The Balaban J connectivity index is 2.00. The van der Waals surface area contributed by atoms with Crippen LogP contribution in [0.5, 0.6) is 5.75 Å². The largest absolute Gasteiger partial charge is 0.487 e. The number of hydrogen-bond donors (Lipinski definition) is 2. The van der Waals surface area contributed by atoms with Crippen molar-refractivity contribution in [2.45, 2.75) is 12.8 Å². The molecule has 2 rings (SSSR count). The van der Waals surface area contributed by atoms with Crippen LogP contribution in [0.2, 0.25) is 0 Å². The second kappa shape index (κ2) is 7.69. The van der Waals surface area contributed by atoms with E-state index in [4.69, 9.17) is 4.74 Å². The molecule has 0 saturated carbocycles. The molecule has 0 radical (unpaired) electrons. The van der Waals surface area contributed by atoms with Crippen LogP contribution in [-0.4, -0.2) is 42.3 Å². The molecule has 114 valence electrons. The highest BCUT2D eigenvalue weighted by atomic mass is 16.5. The van der Waals surface area contributed by atoms with Crippen LogP contribution in [0.1, 0.15) is 12.8 Å². The van der Waals surface area contributed by atoms with Crippen LogP contribution in [0.25, 0.3) is 0 Å². The van der Waals surface area contributed by atoms with Gasteiger partial charge in [-0.2, -0.15) is 0 Å². The zero-order valence-electron chi connectivity index (χ0n) is 12.1. The maximum absolute atomic E-state index is 12.3. The molecular formula is C16H22N2O3. The smallest absolute Gasteiger partial charge is 0.321 e. The summed E-state index contributed by atoms with van der Waals surface area (Å²) in [5, 5.41) is 12.1. The van der Waals surface area contributed by atoms with Crippen LogP contribution in [0, 0.1) is 5.92 Å². The third-order valence-corrected chi connectivity index (χ3v) is 3.55. The van der Waals surface area contributed by atoms with Crippen LogP contribution in [0.4, 0.5) is 10.5 Å². The topological polar surface area (TPSA) is 61.8 Å². The van der Waals surface area contributed by atoms with Crippen LogP contribution in [0.3, 0.4) is 0 Å². The molecule has 1 atom stereocenters. The standard InChI is InChI=1S/C16H22N2O3/c1-2-10-21-15-8-4-3-7-14(15)17-16(20)18-9-5-6-13(11-18)12-19/h2-4,7-8,13,19H,1,5-6,9-12H2,(H,17,20)/t13-/m0/s1. The number of nitrogens with zero attached hydrogens (tertiary/aromatic N) is 1. The predicted molar refractivity (Wildman–Crippen MR) is 82.5 cm³/mol. The van der Waals surface area contributed by atoms with E-state index in [-0.39, 0.29) is 18.6 Å². The van der Waals surface area contributed by atoms with Crippen LogP contribution >= 0.6 is 0 Å². The molecule has 1 aromatic rings. The summed E-state index contributed by atoms with van der Waals surface area (Å²) < 4.78 is 5.53. The number of urea groups is 1. The Morgan fingerprint density at radius 1 is 1.52 bits per heavy atom. The lowest BCUT2D eigenvalue weighted by Gasteiger charge is -2.32. The number of amides is 2. The van der Waals surface area contributed by atoms with Gasteiger partial charge in [-0.1, -0.05) is 24.8 Å². The highest BCUT2D eigenvalue weighted by Crippen LogP contribution is 2.25. The molecule has 0 unspecified atom stereocenters. The van der Waals surface area contributed by atoms with E-state index < -0.39 is 0 Å². The number of aliphatic hydroxyl groups excluding tert-OH is 1. The summed E-state index contributed by atoms with van der Waals surface area (Å²) in [5.74, 6) is 0.804. The van der Waals surface area contributed by atoms with Crippen molar-refractivity contribution in [2.24, 2.45) is 5.92 Å². The molecule has 5 heteroatoms. The van der Waals surface area contributed by atoms with E-state index in [0.717, 1.165) is 19.4 Å². The van der Waals surface area contributed by atoms with Gasteiger partial charge in [0.15, 0.2) is 0 Å². The minimum Gasteiger partial charge on any atom is -0.487 e. The van der Waals surface area contributed by atoms with Gasteiger partial charge in [-0.15, -0.1) is 0 Å². The Labute approximate surface area is 125 Å². The maximum Gasteiger partial charge on any atom is 0.321 e. The van der Waals surface area contributed by atoms with E-state index in [1.54, 1.807) is 11.0 Å². The molecule has 2 N–H and O–H groups in total. The van der Waals surface area contributed by atoms with Crippen LogP contribution in [0.15, 0.2) is 36.9 Å². The first-order chi connectivity index (χ1) is 10.2. The van der Waals surface area contributed by atoms with Gasteiger partial charge in [0.05, 0.1) is 5.69 Å². The van der Waals surface area contributed by atoms with Crippen molar-refractivity contribution < 1.29 is 14.6 Å².